The molecule has 0 amide bonds. The highest BCUT2D eigenvalue weighted by molar-refractivity contribution is 7.16. The third-order valence-corrected chi connectivity index (χ3v) is 4.36. The van der Waals surface area contributed by atoms with Crippen molar-refractivity contribution in [3.8, 4) is 0 Å². The van der Waals surface area contributed by atoms with Crippen LogP contribution in [0.5, 0.6) is 0 Å². The van der Waals surface area contributed by atoms with Crippen LogP contribution in [0.1, 0.15) is 35.4 Å². The lowest BCUT2D eigenvalue weighted by Gasteiger charge is -2.19. The Kier molecular flexibility index (Phi) is 5.13. The molecule has 0 spiro atoms. The van der Waals surface area contributed by atoms with Crippen LogP contribution < -0.4 is 5.32 Å². The van der Waals surface area contributed by atoms with Crippen LogP contribution in [-0.4, -0.2) is 6.54 Å². The fourth-order valence-corrected chi connectivity index (χ4v) is 3.17. The zero-order valence-electron chi connectivity index (χ0n) is 11.3. The van der Waals surface area contributed by atoms with Gasteiger partial charge in [0.1, 0.15) is 11.6 Å². The van der Waals surface area contributed by atoms with Gasteiger partial charge in [0.15, 0.2) is 0 Å². The lowest BCUT2D eigenvalue weighted by Crippen LogP contribution is -2.23. The van der Waals surface area contributed by atoms with Crippen molar-refractivity contribution in [2.24, 2.45) is 0 Å². The van der Waals surface area contributed by atoms with Crippen LogP contribution in [-0.2, 0) is 0 Å². The molecule has 0 bridgehead atoms. The van der Waals surface area contributed by atoms with Crippen LogP contribution in [0.2, 0.25) is 4.34 Å². The number of thiophene rings is 1. The molecule has 20 heavy (non-hydrogen) atoms. The summed E-state index contributed by atoms with van der Waals surface area (Å²) in [5.41, 5.74) is 0.629. The second-order valence-corrected chi connectivity index (χ2v) is 6.40. The summed E-state index contributed by atoms with van der Waals surface area (Å²) in [5.74, 6) is -0.797. The Labute approximate surface area is 126 Å². The summed E-state index contributed by atoms with van der Waals surface area (Å²) in [6, 6.07) is 5.75. The summed E-state index contributed by atoms with van der Waals surface area (Å²) in [5, 5.41) is 3.25. The van der Waals surface area contributed by atoms with Gasteiger partial charge in [0.25, 0.3) is 0 Å². The number of halogens is 3. The van der Waals surface area contributed by atoms with E-state index < -0.39 is 11.6 Å². The topological polar surface area (TPSA) is 12.0 Å². The molecule has 2 rings (SSSR count). The summed E-state index contributed by atoms with van der Waals surface area (Å²) in [6.45, 7) is 4.30. The van der Waals surface area contributed by atoms with Gasteiger partial charge in [-0.15, -0.1) is 11.3 Å². The molecule has 108 valence electrons. The Morgan fingerprint density at radius 1 is 1.25 bits per heavy atom. The van der Waals surface area contributed by atoms with E-state index in [9.17, 15) is 8.78 Å². The fourth-order valence-electron chi connectivity index (χ4n) is 2.02. The molecule has 0 aliphatic carbocycles. The Morgan fingerprint density at radius 2 is 2.00 bits per heavy atom. The highest BCUT2D eigenvalue weighted by Crippen LogP contribution is 2.33. The van der Waals surface area contributed by atoms with E-state index in [1.54, 1.807) is 13.0 Å². The first-order chi connectivity index (χ1) is 9.52. The van der Waals surface area contributed by atoms with Crippen LogP contribution in [0.4, 0.5) is 8.78 Å². The standard InChI is InChI=1S/C15H16ClF2NS/c1-3-6-19-15(13-4-5-14(16)20-13)10-8-11(17)9(2)7-12(10)18/h4-5,7-8,15,19H,3,6H2,1-2H3. The summed E-state index contributed by atoms with van der Waals surface area (Å²) in [4.78, 5) is 0.880. The van der Waals surface area contributed by atoms with E-state index in [1.165, 1.54) is 23.5 Å². The van der Waals surface area contributed by atoms with Gasteiger partial charge in [-0.05, 0) is 49.7 Å². The molecule has 0 aliphatic heterocycles. The van der Waals surface area contributed by atoms with Gasteiger partial charge < -0.3 is 5.32 Å². The summed E-state index contributed by atoms with van der Waals surface area (Å²) in [7, 11) is 0. The van der Waals surface area contributed by atoms with Crippen molar-refractivity contribution < 1.29 is 8.78 Å². The molecular weight excluding hydrogens is 300 g/mol. The zero-order chi connectivity index (χ0) is 14.7. The number of aryl methyl sites for hydroxylation is 1. The van der Waals surface area contributed by atoms with E-state index in [2.05, 4.69) is 5.32 Å². The van der Waals surface area contributed by atoms with E-state index in [0.717, 1.165) is 17.8 Å². The van der Waals surface area contributed by atoms with Gasteiger partial charge in [0, 0.05) is 10.4 Å². The number of nitrogens with one attached hydrogen (secondary N) is 1. The second kappa shape index (κ2) is 6.66. The number of benzene rings is 1. The van der Waals surface area contributed by atoms with Crippen molar-refractivity contribution in [1.82, 2.24) is 5.32 Å². The first-order valence-corrected chi connectivity index (χ1v) is 7.66. The smallest absolute Gasteiger partial charge is 0.128 e. The predicted octanol–water partition coefficient (Wildman–Crippen LogP) is 5.08. The van der Waals surface area contributed by atoms with E-state index in [0.29, 0.717) is 15.5 Å². The van der Waals surface area contributed by atoms with Crippen LogP contribution in [0.25, 0.3) is 0 Å². The highest BCUT2D eigenvalue weighted by Gasteiger charge is 2.20. The highest BCUT2D eigenvalue weighted by atomic mass is 35.5. The minimum Gasteiger partial charge on any atom is -0.306 e. The maximum absolute atomic E-state index is 14.2. The maximum atomic E-state index is 14.2. The minimum atomic E-state index is -0.401. The van der Waals surface area contributed by atoms with E-state index >= 15 is 0 Å². The van der Waals surface area contributed by atoms with Gasteiger partial charge in [-0.3, -0.25) is 0 Å². The quantitative estimate of drug-likeness (QED) is 0.811. The molecule has 5 heteroatoms. The van der Waals surface area contributed by atoms with Crippen molar-refractivity contribution in [2.45, 2.75) is 26.3 Å². The molecule has 1 heterocycles. The average Bonchev–Trinajstić information content (AvgIpc) is 2.82. The zero-order valence-corrected chi connectivity index (χ0v) is 12.9. The normalized spacial score (nSPS) is 12.7. The summed E-state index contributed by atoms with van der Waals surface area (Å²) >= 11 is 7.32. The van der Waals surface area contributed by atoms with Crippen molar-refractivity contribution in [3.05, 3.63) is 56.2 Å². The van der Waals surface area contributed by atoms with E-state index in [4.69, 9.17) is 11.6 Å². The van der Waals surface area contributed by atoms with Gasteiger partial charge in [-0.1, -0.05) is 18.5 Å². The van der Waals surface area contributed by atoms with E-state index in [1.807, 2.05) is 13.0 Å². The van der Waals surface area contributed by atoms with Crippen LogP contribution >= 0.6 is 22.9 Å². The molecule has 0 aliphatic rings. The Hall–Kier alpha value is -0.970. The van der Waals surface area contributed by atoms with Crippen molar-refractivity contribution in [1.29, 1.82) is 0 Å². The maximum Gasteiger partial charge on any atom is 0.128 e. The Balaban J connectivity index is 2.43. The molecule has 1 nitrogen and oxygen atoms in total. The average molecular weight is 316 g/mol. The first-order valence-electron chi connectivity index (χ1n) is 6.47. The number of hydrogen-bond acceptors (Lipinski definition) is 2. The molecule has 1 aromatic heterocycles. The minimum absolute atomic E-state index is 0.310. The van der Waals surface area contributed by atoms with Crippen molar-refractivity contribution >= 4 is 22.9 Å². The van der Waals surface area contributed by atoms with E-state index in [-0.39, 0.29) is 6.04 Å². The third-order valence-electron chi connectivity index (χ3n) is 3.07. The number of rotatable bonds is 5. The molecule has 0 radical (unpaired) electrons. The van der Waals surface area contributed by atoms with Crippen LogP contribution in [0.15, 0.2) is 24.3 Å². The molecule has 1 atom stereocenters. The fraction of sp³-hybridized carbons (Fsp3) is 0.333. The lowest BCUT2D eigenvalue weighted by atomic mass is 10.0. The monoisotopic (exact) mass is 315 g/mol. The van der Waals surface area contributed by atoms with Gasteiger partial charge in [-0.2, -0.15) is 0 Å². The number of hydrogen-bond donors (Lipinski definition) is 1. The Bertz CT molecular complexity index is 598. The van der Waals surface area contributed by atoms with Gasteiger partial charge in [0.2, 0.25) is 0 Å². The van der Waals surface area contributed by atoms with Gasteiger partial charge in [-0.25, -0.2) is 8.78 Å². The second-order valence-electron chi connectivity index (χ2n) is 4.65. The first kappa shape index (κ1) is 15.4. The SMILES string of the molecule is CCCNC(c1ccc(Cl)s1)c1cc(F)c(C)cc1F. The van der Waals surface area contributed by atoms with Gasteiger partial charge >= 0.3 is 0 Å². The van der Waals surface area contributed by atoms with Crippen LogP contribution in [0.3, 0.4) is 0 Å². The predicted molar refractivity (Wildman–Crippen MR) is 80.6 cm³/mol. The largest absolute Gasteiger partial charge is 0.306 e. The molecule has 1 N–H and O–H groups in total. The third kappa shape index (κ3) is 3.37. The summed E-state index contributed by atoms with van der Waals surface area (Å²) < 4.78 is 28.5. The molecule has 0 fully saturated rings. The molecule has 0 saturated carbocycles. The summed E-state index contributed by atoms with van der Waals surface area (Å²) in [6.07, 6.45) is 0.908. The van der Waals surface area contributed by atoms with Crippen molar-refractivity contribution in [3.63, 3.8) is 0 Å². The Morgan fingerprint density at radius 3 is 2.60 bits per heavy atom. The van der Waals surface area contributed by atoms with Crippen LogP contribution in [0, 0.1) is 18.6 Å². The molecular formula is C15H16ClF2NS. The lowest BCUT2D eigenvalue weighted by molar-refractivity contribution is 0.536. The van der Waals surface area contributed by atoms with Gasteiger partial charge in [0.05, 0.1) is 10.4 Å². The van der Waals surface area contributed by atoms with Crippen molar-refractivity contribution in [2.75, 3.05) is 6.54 Å². The molecule has 1 aromatic carbocycles. The molecule has 1 unspecified atom stereocenters. The molecule has 0 saturated heterocycles. The molecule has 2 aromatic rings.